The second-order valence-corrected chi connectivity index (χ2v) is 4.34. The maximum atomic E-state index is 6.14. The molecule has 1 saturated heterocycles. The van der Waals surface area contributed by atoms with Crippen LogP contribution in [0, 0.1) is 0 Å². The predicted molar refractivity (Wildman–Crippen MR) is 60.6 cm³/mol. The van der Waals surface area contributed by atoms with E-state index < -0.39 is 0 Å². The fourth-order valence-electron chi connectivity index (χ4n) is 1.91. The molecule has 2 atom stereocenters. The summed E-state index contributed by atoms with van der Waals surface area (Å²) in [6.45, 7) is 0.733. The van der Waals surface area contributed by atoms with Crippen LogP contribution in [0.2, 0.25) is 0 Å². The number of para-hydroxylation sites is 1. The second-order valence-electron chi connectivity index (χ2n) is 3.72. The van der Waals surface area contributed by atoms with E-state index in [4.69, 9.17) is 21.1 Å². The van der Waals surface area contributed by atoms with Crippen molar-refractivity contribution in [3.05, 3.63) is 29.8 Å². The minimum atomic E-state index is 0.0809. The van der Waals surface area contributed by atoms with Crippen molar-refractivity contribution < 1.29 is 9.47 Å². The first-order valence-electron chi connectivity index (χ1n) is 5.20. The second kappa shape index (κ2) is 4.86. The third-order valence-corrected chi connectivity index (χ3v) is 3.10. The molecule has 15 heavy (non-hydrogen) atoms. The lowest BCUT2D eigenvalue weighted by atomic mass is 10.0. The van der Waals surface area contributed by atoms with Crippen molar-refractivity contribution in [1.29, 1.82) is 0 Å². The van der Waals surface area contributed by atoms with Crippen LogP contribution < -0.4 is 4.74 Å². The number of hydrogen-bond acceptors (Lipinski definition) is 2. The van der Waals surface area contributed by atoms with Crippen LogP contribution in [0.4, 0.5) is 0 Å². The van der Waals surface area contributed by atoms with E-state index in [2.05, 4.69) is 0 Å². The summed E-state index contributed by atoms with van der Waals surface area (Å²) in [7, 11) is 1.68. The Bertz CT molecular complexity index is 327. The van der Waals surface area contributed by atoms with Crippen LogP contribution in [-0.4, -0.2) is 19.1 Å². The summed E-state index contributed by atoms with van der Waals surface area (Å²) in [4.78, 5) is 0. The third kappa shape index (κ3) is 2.44. The first-order valence-corrected chi connectivity index (χ1v) is 5.63. The molecule has 0 unspecified atom stereocenters. The molecule has 1 fully saturated rings. The number of alkyl halides is 1. The first kappa shape index (κ1) is 10.8. The Balaban J connectivity index is 2.20. The molecule has 0 radical (unpaired) electrons. The molecule has 1 aliphatic rings. The van der Waals surface area contributed by atoms with Gasteiger partial charge in [-0.1, -0.05) is 18.2 Å². The van der Waals surface area contributed by atoms with Gasteiger partial charge in [0.05, 0.1) is 13.2 Å². The van der Waals surface area contributed by atoms with Crippen LogP contribution in [0.5, 0.6) is 5.75 Å². The number of benzene rings is 1. The highest BCUT2D eigenvalue weighted by molar-refractivity contribution is 6.20. The Morgan fingerprint density at radius 1 is 1.40 bits per heavy atom. The summed E-state index contributed by atoms with van der Waals surface area (Å²) in [5.74, 6) is 0.883. The Hall–Kier alpha value is -0.730. The highest BCUT2D eigenvalue weighted by Gasteiger charge is 2.24. The van der Waals surface area contributed by atoms with Gasteiger partial charge in [-0.2, -0.15) is 0 Å². The van der Waals surface area contributed by atoms with Crippen molar-refractivity contribution in [3.63, 3.8) is 0 Å². The van der Waals surface area contributed by atoms with Crippen LogP contribution in [-0.2, 0) is 4.74 Å². The zero-order valence-electron chi connectivity index (χ0n) is 8.78. The van der Waals surface area contributed by atoms with E-state index >= 15 is 0 Å². The van der Waals surface area contributed by atoms with E-state index in [1.807, 2.05) is 24.3 Å². The molecule has 3 heteroatoms. The van der Waals surface area contributed by atoms with E-state index in [9.17, 15) is 0 Å². The molecule has 1 heterocycles. The summed E-state index contributed by atoms with van der Waals surface area (Å²) < 4.78 is 11.0. The summed E-state index contributed by atoms with van der Waals surface area (Å²) in [5.41, 5.74) is 1.10. The Morgan fingerprint density at radius 2 is 2.20 bits per heavy atom. The molecule has 0 aliphatic carbocycles. The smallest absolute Gasteiger partial charge is 0.124 e. The number of ether oxygens (including phenoxy) is 2. The van der Waals surface area contributed by atoms with Crippen molar-refractivity contribution in [3.8, 4) is 5.75 Å². The van der Waals surface area contributed by atoms with Gasteiger partial charge in [0.15, 0.2) is 0 Å². The van der Waals surface area contributed by atoms with Crippen LogP contribution in [0.3, 0.4) is 0 Å². The van der Waals surface area contributed by atoms with Crippen molar-refractivity contribution >= 4 is 11.6 Å². The summed E-state index contributed by atoms with van der Waals surface area (Å²) in [6, 6.07) is 7.96. The molecule has 0 saturated carbocycles. The number of rotatable bonds is 2. The summed E-state index contributed by atoms with van der Waals surface area (Å²) >= 11 is 6.14. The van der Waals surface area contributed by atoms with Crippen molar-refractivity contribution in [2.75, 3.05) is 13.7 Å². The molecule has 2 nitrogen and oxygen atoms in total. The van der Waals surface area contributed by atoms with Gasteiger partial charge < -0.3 is 9.47 Å². The van der Waals surface area contributed by atoms with Crippen LogP contribution >= 0.6 is 11.6 Å². The number of hydrogen-bond donors (Lipinski definition) is 0. The van der Waals surface area contributed by atoms with Gasteiger partial charge in [0, 0.05) is 17.5 Å². The Morgan fingerprint density at radius 3 is 2.93 bits per heavy atom. The molecule has 0 bridgehead atoms. The lowest BCUT2D eigenvalue weighted by molar-refractivity contribution is 0.0155. The molecule has 0 spiro atoms. The van der Waals surface area contributed by atoms with Crippen LogP contribution in [0.15, 0.2) is 24.3 Å². The maximum absolute atomic E-state index is 6.14. The maximum Gasteiger partial charge on any atom is 0.124 e. The topological polar surface area (TPSA) is 18.5 Å². The Labute approximate surface area is 95.1 Å². The molecule has 1 aromatic rings. The quantitative estimate of drug-likeness (QED) is 0.722. The molecule has 1 aliphatic heterocycles. The zero-order chi connectivity index (χ0) is 10.7. The minimum absolute atomic E-state index is 0.0809. The third-order valence-electron chi connectivity index (χ3n) is 2.71. The number of halogens is 1. The molecule has 0 amide bonds. The molecule has 1 aromatic carbocycles. The summed E-state index contributed by atoms with van der Waals surface area (Å²) in [5, 5.41) is 0.216. The van der Waals surface area contributed by atoms with Crippen molar-refractivity contribution in [2.24, 2.45) is 0 Å². The van der Waals surface area contributed by atoms with E-state index in [1.165, 1.54) is 0 Å². The fourth-order valence-corrected chi connectivity index (χ4v) is 2.16. The zero-order valence-corrected chi connectivity index (χ0v) is 9.54. The van der Waals surface area contributed by atoms with Crippen molar-refractivity contribution in [2.45, 2.75) is 24.3 Å². The van der Waals surface area contributed by atoms with Gasteiger partial charge in [-0.25, -0.2) is 0 Å². The fraction of sp³-hybridized carbons (Fsp3) is 0.500. The van der Waals surface area contributed by atoms with Gasteiger partial charge in [-0.05, 0) is 18.9 Å². The lowest BCUT2D eigenvalue weighted by Gasteiger charge is -2.27. The number of methoxy groups -OCH3 is 1. The monoisotopic (exact) mass is 226 g/mol. The highest BCUT2D eigenvalue weighted by Crippen LogP contribution is 2.35. The van der Waals surface area contributed by atoms with E-state index in [1.54, 1.807) is 7.11 Å². The standard InChI is InChI=1S/C12H15ClO2/c1-14-11-5-3-2-4-10(11)12-8-9(13)6-7-15-12/h2-5,9,12H,6-8H2,1H3/t9-,12+/m0/s1. The van der Waals surface area contributed by atoms with E-state index in [0.29, 0.717) is 0 Å². The normalized spacial score (nSPS) is 26.3. The van der Waals surface area contributed by atoms with E-state index in [-0.39, 0.29) is 11.5 Å². The SMILES string of the molecule is COc1ccccc1[C@H]1C[C@@H](Cl)CCO1. The van der Waals surface area contributed by atoms with Gasteiger partial charge in [-0.3, -0.25) is 0 Å². The van der Waals surface area contributed by atoms with Crippen LogP contribution in [0.25, 0.3) is 0 Å². The highest BCUT2D eigenvalue weighted by atomic mass is 35.5. The van der Waals surface area contributed by atoms with Gasteiger partial charge in [0.1, 0.15) is 5.75 Å². The van der Waals surface area contributed by atoms with E-state index in [0.717, 1.165) is 30.8 Å². The van der Waals surface area contributed by atoms with Crippen LogP contribution in [0.1, 0.15) is 24.5 Å². The molecular weight excluding hydrogens is 212 g/mol. The van der Waals surface area contributed by atoms with Gasteiger partial charge in [0.25, 0.3) is 0 Å². The largest absolute Gasteiger partial charge is 0.496 e. The van der Waals surface area contributed by atoms with Crippen molar-refractivity contribution in [1.82, 2.24) is 0 Å². The van der Waals surface area contributed by atoms with Gasteiger partial charge in [0.2, 0.25) is 0 Å². The average Bonchev–Trinajstić information content (AvgIpc) is 2.29. The summed E-state index contributed by atoms with van der Waals surface area (Å²) in [6.07, 6.45) is 1.88. The average molecular weight is 227 g/mol. The predicted octanol–water partition coefficient (Wildman–Crippen LogP) is 3.15. The van der Waals surface area contributed by atoms with Gasteiger partial charge >= 0.3 is 0 Å². The Kier molecular flexibility index (Phi) is 3.49. The lowest BCUT2D eigenvalue weighted by Crippen LogP contribution is -2.20. The molecule has 0 aromatic heterocycles. The minimum Gasteiger partial charge on any atom is -0.496 e. The van der Waals surface area contributed by atoms with Gasteiger partial charge in [-0.15, -0.1) is 11.6 Å². The molecule has 82 valence electrons. The molecular formula is C12H15ClO2. The molecule has 0 N–H and O–H groups in total. The molecule has 2 rings (SSSR count). The first-order chi connectivity index (χ1) is 7.31.